The predicted octanol–water partition coefficient (Wildman–Crippen LogP) is 3.56. The third-order valence-corrected chi connectivity index (χ3v) is 4.11. The number of hydrogen-bond acceptors (Lipinski definition) is 6. The molecule has 0 spiro atoms. The molecule has 1 aromatic carbocycles. The van der Waals surface area contributed by atoms with Gasteiger partial charge in [0.2, 0.25) is 0 Å². The number of nitrogens with one attached hydrogen (secondary N) is 1. The average Bonchev–Trinajstić information content (AvgIpc) is 3.02. The first-order valence-corrected chi connectivity index (χ1v) is 8.02. The van der Waals surface area contributed by atoms with Crippen LogP contribution in [0, 0.1) is 0 Å². The van der Waals surface area contributed by atoms with Gasteiger partial charge in [-0.25, -0.2) is 9.78 Å². The van der Waals surface area contributed by atoms with E-state index in [1.165, 1.54) is 11.3 Å². The van der Waals surface area contributed by atoms with Crippen molar-refractivity contribution >= 4 is 28.5 Å². The number of benzene rings is 1. The van der Waals surface area contributed by atoms with E-state index < -0.39 is 12.0 Å². The summed E-state index contributed by atoms with van der Waals surface area (Å²) in [7, 11) is 0. The Labute approximate surface area is 138 Å². The number of carbonyl (C=O) groups is 2. The Bertz CT molecular complexity index is 657. The maximum absolute atomic E-state index is 11.7. The van der Waals surface area contributed by atoms with Crippen LogP contribution >= 0.6 is 11.3 Å². The molecule has 1 amide bonds. The summed E-state index contributed by atoms with van der Waals surface area (Å²) in [4.78, 5) is 28.2. The summed E-state index contributed by atoms with van der Waals surface area (Å²) in [6.07, 6.45) is 0.970. The molecule has 2 rings (SSSR count). The summed E-state index contributed by atoms with van der Waals surface area (Å²) in [5, 5.41) is 2.94. The van der Waals surface area contributed by atoms with Crippen molar-refractivity contribution in [3.63, 3.8) is 0 Å². The summed E-state index contributed by atoms with van der Waals surface area (Å²) in [6, 6.07) is 9.39. The van der Waals surface area contributed by atoms with Crippen molar-refractivity contribution in [1.82, 2.24) is 4.98 Å². The zero-order valence-electron chi connectivity index (χ0n) is 12.9. The lowest BCUT2D eigenvalue weighted by Gasteiger charge is -2.07. The van der Waals surface area contributed by atoms with Crippen LogP contribution in [0.5, 0.6) is 0 Å². The molecular weight excluding hydrogens is 316 g/mol. The molecule has 6 nitrogen and oxygen atoms in total. The molecule has 1 heterocycles. The van der Waals surface area contributed by atoms with Crippen molar-refractivity contribution < 1.29 is 19.1 Å². The number of aromatic nitrogens is 1. The van der Waals surface area contributed by atoms with Crippen molar-refractivity contribution in [3.05, 3.63) is 47.0 Å². The van der Waals surface area contributed by atoms with Crippen LogP contribution in [0.3, 0.4) is 0 Å². The van der Waals surface area contributed by atoms with Crippen molar-refractivity contribution in [3.8, 4) is 0 Å². The van der Waals surface area contributed by atoms with E-state index in [0.29, 0.717) is 11.7 Å². The van der Waals surface area contributed by atoms with E-state index in [9.17, 15) is 9.59 Å². The molecule has 0 aliphatic carbocycles. The molecule has 0 aliphatic heterocycles. The molecule has 0 saturated carbocycles. The molecule has 0 aliphatic rings. The van der Waals surface area contributed by atoms with E-state index in [0.717, 1.165) is 10.4 Å². The van der Waals surface area contributed by atoms with Gasteiger partial charge in [0.15, 0.2) is 5.13 Å². The summed E-state index contributed by atoms with van der Waals surface area (Å²) >= 11 is 1.22. The number of anilines is 1. The first-order valence-electron chi connectivity index (χ1n) is 7.20. The van der Waals surface area contributed by atoms with Gasteiger partial charge in [-0.15, -0.1) is 11.3 Å². The predicted molar refractivity (Wildman–Crippen MR) is 87.4 cm³/mol. The van der Waals surface area contributed by atoms with Gasteiger partial charge in [-0.05, 0) is 19.4 Å². The first kappa shape index (κ1) is 17.0. The number of rotatable bonds is 6. The molecule has 1 N–H and O–H groups in total. The van der Waals surface area contributed by atoms with Gasteiger partial charge in [0.25, 0.3) is 0 Å². The SMILES string of the molecule is CCOC(=O)C(C)c1cnc(NC(=O)OCc2ccccc2)s1. The number of amides is 1. The van der Waals surface area contributed by atoms with Gasteiger partial charge in [0.05, 0.1) is 12.5 Å². The summed E-state index contributed by atoms with van der Waals surface area (Å²) < 4.78 is 10.1. The van der Waals surface area contributed by atoms with Crippen LogP contribution in [0.15, 0.2) is 36.5 Å². The van der Waals surface area contributed by atoms with Gasteiger partial charge in [0, 0.05) is 11.1 Å². The van der Waals surface area contributed by atoms with Crippen LogP contribution in [0.4, 0.5) is 9.93 Å². The summed E-state index contributed by atoms with van der Waals surface area (Å²) in [6.45, 7) is 4.01. The minimum absolute atomic E-state index is 0.185. The smallest absolute Gasteiger partial charge is 0.413 e. The molecule has 23 heavy (non-hydrogen) atoms. The lowest BCUT2D eigenvalue weighted by atomic mass is 10.1. The van der Waals surface area contributed by atoms with E-state index >= 15 is 0 Å². The van der Waals surface area contributed by atoms with Crippen LogP contribution in [-0.4, -0.2) is 23.7 Å². The number of thiazole rings is 1. The largest absolute Gasteiger partial charge is 0.466 e. The van der Waals surface area contributed by atoms with Crippen LogP contribution in [-0.2, 0) is 20.9 Å². The average molecular weight is 334 g/mol. The second-order valence-corrected chi connectivity index (χ2v) is 5.79. The molecule has 1 aromatic heterocycles. The van der Waals surface area contributed by atoms with Crippen molar-refractivity contribution in [2.75, 3.05) is 11.9 Å². The fourth-order valence-corrected chi connectivity index (χ4v) is 2.62. The Morgan fingerprint density at radius 2 is 2.00 bits per heavy atom. The van der Waals surface area contributed by atoms with E-state index in [1.54, 1.807) is 20.0 Å². The molecule has 0 bridgehead atoms. The highest BCUT2D eigenvalue weighted by Gasteiger charge is 2.19. The highest BCUT2D eigenvalue weighted by Crippen LogP contribution is 2.26. The van der Waals surface area contributed by atoms with Gasteiger partial charge in [0.1, 0.15) is 6.61 Å². The molecule has 122 valence electrons. The Morgan fingerprint density at radius 3 is 2.70 bits per heavy atom. The molecule has 1 unspecified atom stereocenters. The Kier molecular flexibility index (Phi) is 6.10. The number of carbonyl (C=O) groups excluding carboxylic acids is 2. The van der Waals surface area contributed by atoms with E-state index in [2.05, 4.69) is 10.3 Å². The zero-order chi connectivity index (χ0) is 16.7. The normalized spacial score (nSPS) is 11.6. The highest BCUT2D eigenvalue weighted by molar-refractivity contribution is 7.15. The topological polar surface area (TPSA) is 77.5 Å². The van der Waals surface area contributed by atoms with Gasteiger partial charge in [-0.2, -0.15) is 0 Å². The molecule has 0 fully saturated rings. The second kappa shape index (κ2) is 8.28. The van der Waals surface area contributed by atoms with E-state index in [4.69, 9.17) is 9.47 Å². The quantitative estimate of drug-likeness (QED) is 0.817. The van der Waals surface area contributed by atoms with E-state index in [-0.39, 0.29) is 12.6 Å². The fraction of sp³-hybridized carbons (Fsp3) is 0.312. The first-order chi connectivity index (χ1) is 11.1. The second-order valence-electron chi connectivity index (χ2n) is 4.73. The highest BCUT2D eigenvalue weighted by atomic mass is 32.1. The van der Waals surface area contributed by atoms with Gasteiger partial charge in [-0.3, -0.25) is 10.1 Å². The standard InChI is InChI=1S/C16H18N2O4S/c1-3-21-14(19)11(2)13-9-17-15(23-13)18-16(20)22-10-12-7-5-4-6-8-12/h4-9,11H,3,10H2,1-2H3,(H,17,18,20). The van der Waals surface area contributed by atoms with Gasteiger partial charge >= 0.3 is 12.1 Å². The van der Waals surface area contributed by atoms with Crippen LogP contribution in [0.1, 0.15) is 30.2 Å². The summed E-state index contributed by atoms with van der Waals surface area (Å²) in [5.41, 5.74) is 0.901. The maximum atomic E-state index is 11.7. The summed E-state index contributed by atoms with van der Waals surface area (Å²) in [5.74, 6) is -0.724. The monoisotopic (exact) mass is 334 g/mol. The molecule has 7 heteroatoms. The number of ether oxygens (including phenoxy) is 2. The fourth-order valence-electron chi connectivity index (χ4n) is 1.77. The molecular formula is C16H18N2O4S. The zero-order valence-corrected chi connectivity index (χ0v) is 13.8. The van der Waals surface area contributed by atoms with Crippen LogP contribution in [0.2, 0.25) is 0 Å². The minimum Gasteiger partial charge on any atom is -0.466 e. The third kappa shape index (κ3) is 5.07. The lowest BCUT2D eigenvalue weighted by Crippen LogP contribution is -2.13. The maximum Gasteiger partial charge on any atom is 0.413 e. The van der Waals surface area contributed by atoms with Crippen molar-refractivity contribution in [1.29, 1.82) is 0 Å². The Hall–Kier alpha value is -2.41. The lowest BCUT2D eigenvalue weighted by molar-refractivity contribution is -0.144. The van der Waals surface area contributed by atoms with Crippen LogP contribution < -0.4 is 5.32 Å². The van der Waals surface area contributed by atoms with Crippen molar-refractivity contribution in [2.24, 2.45) is 0 Å². The Balaban J connectivity index is 1.86. The molecule has 0 saturated heterocycles. The minimum atomic E-state index is -0.585. The third-order valence-electron chi connectivity index (χ3n) is 3.01. The van der Waals surface area contributed by atoms with Gasteiger partial charge in [-0.1, -0.05) is 30.3 Å². The van der Waals surface area contributed by atoms with E-state index in [1.807, 2.05) is 30.3 Å². The number of esters is 1. The Morgan fingerprint density at radius 1 is 1.26 bits per heavy atom. The number of hydrogen-bond donors (Lipinski definition) is 1. The number of nitrogens with zero attached hydrogens (tertiary/aromatic N) is 1. The van der Waals surface area contributed by atoms with Gasteiger partial charge < -0.3 is 9.47 Å². The molecule has 0 radical (unpaired) electrons. The molecule has 1 atom stereocenters. The van der Waals surface area contributed by atoms with Crippen LogP contribution in [0.25, 0.3) is 0 Å². The van der Waals surface area contributed by atoms with Crippen molar-refractivity contribution in [2.45, 2.75) is 26.4 Å². The molecule has 2 aromatic rings.